The Balaban J connectivity index is 1.67. The summed E-state index contributed by atoms with van der Waals surface area (Å²) < 4.78 is 0. The zero-order valence-electron chi connectivity index (χ0n) is 14.2. The highest BCUT2D eigenvalue weighted by molar-refractivity contribution is 6.01. The lowest BCUT2D eigenvalue weighted by molar-refractivity contribution is -0.197. The van der Waals surface area contributed by atoms with E-state index in [0.717, 1.165) is 12.8 Å². The molecule has 2 rings (SSSR count). The van der Waals surface area contributed by atoms with Gasteiger partial charge in [0.2, 0.25) is 5.91 Å². The number of hydroxylamine groups is 2. The van der Waals surface area contributed by atoms with Gasteiger partial charge in [0.1, 0.15) is 0 Å². The number of piperidine rings is 1. The molecule has 2 atom stereocenters. The van der Waals surface area contributed by atoms with Crippen LogP contribution in [0.5, 0.6) is 0 Å². The predicted octanol–water partition coefficient (Wildman–Crippen LogP) is 0.363. The number of likely N-dealkylation sites (tertiary alicyclic amines) is 1. The maximum atomic E-state index is 12.0. The quantitative estimate of drug-likeness (QED) is 0.425. The number of nitrogens with zero attached hydrogens (tertiary/aromatic N) is 2. The van der Waals surface area contributed by atoms with Crippen LogP contribution < -0.4 is 5.32 Å². The Bertz CT molecular complexity index is 496. The van der Waals surface area contributed by atoms with E-state index in [1.807, 2.05) is 0 Å². The second-order valence-electron chi connectivity index (χ2n) is 6.45. The van der Waals surface area contributed by atoms with E-state index in [1.54, 1.807) is 0 Å². The smallest absolute Gasteiger partial charge is 0.334 e. The van der Waals surface area contributed by atoms with Gasteiger partial charge in [0.05, 0.1) is 13.0 Å². The first-order valence-electron chi connectivity index (χ1n) is 8.47. The number of hydrogen-bond donors (Lipinski definition) is 1. The SMILES string of the molecule is [13CH3][13C@@H]1CCC[13C@H]([13CH3])[15N]1CC(=O)NCCC(=O)ON1C(=O)CCC1=O. The lowest BCUT2D eigenvalue weighted by Crippen LogP contribution is -2.48. The molecular weight excluding hydrogens is 319 g/mol. The van der Waals surface area contributed by atoms with Crippen molar-refractivity contribution in [2.45, 2.75) is 64.5 Å². The molecule has 8 heteroatoms. The van der Waals surface area contributed by atoms with Gasteiger partial charge in [0, 0.05) is 31.5 Å². The van der Waals surface area contributed by atoms with Gasteiger partial charge in [-0.15, -0.1) is 5.06 Å². The maximum Gasteiger partial charge on any atom is 0.334 e. The van der Waals surface area contributed by atoms with Gasteiger partial charge >= 0.3 is 5.97 Å². The summed E-state index contributed by atoms with van der Waals surface area (Å²) in [6.45, 7) is 4.65. The number of nitrogens with one attached hydrogen (secondary N) is 1. The van der Waals surface area contributed by atoms with Crippen LogP contribution in [0.15, 0.2) is 0 Å². The molecule has 2 aliphatic heterocycles. The summed E-state index contributed by atoms with van der Waals surface area (Å²) in [6, 6.07) is 0.744. The van der Waals surface area contributed by atoms with E-state index in [-0.39, 0.29) is 31.7 Å². The van der Waals surface area contributed by atoms with Gasteiger partial charge in [-0.2, -0.15) is 0 Å². The first kappa shape index (κ1) is 18.4. The molecule has 2 heterocycles. The van der Waals surface area contributed by atoms with Crippen LogP contribution in [-0.4, -0.2) is 58.8 Å². The fourth-order valence-corrected chi connectivity index (χ4v) is 3.12. The second kappa shape index (κ2) is 8.23. The van der Waals surface area contributed by atoms with Crippen molar-refractivity contribution in [3.63, 3.8) is 0 Å². The van der Waals surface area contributed by atoms with Crippen molar-refractivity contribution in [2.75, 3.05) is 13.1 Å². The van der Waals surface area contributed by atoms with Crippen molar-refractivity contribution >= 4 is 23.7 Å². The zero-order chi connectivity index (χ0) is 17.7. The standard InChI is InChI=1S/C16H25N3O5/c1-11-4-3-5-12(2)18(11)10-13(20)17-9-8-16(23)24-19-14(21)6-7-15(19)22/h11-12H,3-10H2,1-2H3,(H,17,20)/t11-,12+/i1+1,2+1,11+1,12+1,18+1. The van der Waals surface area contributed by atoms with Crippen LogP contribution in [0.1, 0.15) is 52.4 Å². The number of amides is 3. The van der Waals surface area contributed by atoms with E-state index in [4.69, 9.17) is 4.84 Å². The molecule has 134 valence electrons. The summed E-state index contributed by atoms with van der Waals surface area (Å²) in [7, 11) is 0. The number of rotatable bonds is 6. The molecule has 2 saturated heterocycles. The summed E-state index contributed by atoms with van der Waals surface area (Å²) in [4.78, 5) is 53.2. The molecule has 0 aromatic carbocycles. The minimum Gasteiger partial charge on any atom is -0.354 e. The Labute approximate surface area is 141 Å². The molecule has 0 aromatic rings. The van der Waals surface area contributed by atoms with E-state index in [9.17, 15) is 19.2 Å². The Kier molecular flexibility index (Phi) is 6.30. The molecule has 24 heavy (non-hydrogen) atoms. The van der Waals surface area contributed by atoms with Crippen LogP contribution in [0.4, 0.5) is 0 Å². The number of imide groups is 1. The molecule has 2 aliphatic rings. The third kappa shape index (κ3) is 4.77. The molecule has 8 nitrogen and oxygen atoms in total. The first-order chi connectivity index (χ1) is 11.4. The highest BCUT2D eigenvalue weighted by atomic mass is 16.7. The Morgan fingerprint density at radius 2 is 1.71 bits per heavy atom. The summed E-state index contributed by atoms with van der Waals surface area (Å²) in [6.07, 6.45) is 3.39. The van der Waals surface area contributed by atoms with E-state index >= 15 is 0 Å². The van der Waals surface area contributed by atoms with Crippen LogP contribution in [-0.2, 0) is 24.0 Å². The van der Waals surface area contributed by atoms with E-state index in [0.29, 0.717) is 23.7 Å². The van der Waals surface area contributed by atoms with Crippen molar-refractivity contribution in [2.24, 2.45) is 0 Å². The Hall–Kier alpha value is -1.96. The molecule has 0 radical (unpaired) electrons. The molecule has 0 aliphatic carbocycles. The van der Waals surface area contributed by atoms with Crippen LogP contribution in [0, 0.1) is 0 Å². The third-order valence-corrected chi connectivity index (χ3v) is 4.55. The lowest BCUT2D eigenvalue weighted by atomic mass is 10.3. The second-order valence-corrected chi connectivity index (χ2v) is 6.45. The van der Waals surface area contributed by atoms with E-state index in [1.165, 1.54) is 6.42 Å². The highest BCUT2D eigenvalue weighted by Crippen LogP contribution is 2.21. The van der Waals surface area contributed by atoms with Crippen LogP contribution >= 0.6 is 0 Å². The summed E-state index contributed by atoms with van der Waals surface area (Å²) >= 11 is 0. The van der Waals surface area contributed by atoms with Crippen molar-refractivity contribution in [3.8, 4) is 0 Å². The minimum absolute atomic E-state index is 0.0645. The average Bonchev–Trinajstić information content (AvgIpc) is 2.83. The first-order valence-corrected chi connectivity index (χ1v) is 8.47. The summed E-state index contributed by atoms with van der Waals surface area (Å²) in [5, 5.41) is 3.19. The van der Waals surface area contributed by atoms with Crippen molar-refractivity contribution in [1.82, 2.24) is 15.3 Å². The average molecular weight is 344 g/mol. The van der Waals surface area contributed by atoms with Gasteiger partial charge in [-0.25, -0.2) is 4.79 Å². The van der Waals surface area contributed by atoms with E-state index in [2.05, 4.69) is 24.1 Å². The fraction of sp³-hybridized carbons (Fsp3) is 0.750. The predicted molar refractivity (Wildman–Crippen MR) is 84.3 cm³/mol. The normalized spacial score (nSPS) is 25.0. The lowest BCUT2D eigenvalue weighted by Gasteiger charge is -2.38. The number of carbonyl (C=O) groups excluding carboxylic acids is 4. The molecule has 0 saturated carbocycles. The molecule has 0 aromatic heterocycles. The third-order valence-electron chi connectivity index (χ3n) is 4.55. The monoisotopic (exact) mass is 344 g/mol. The van der Waals surface area contributed by atoms with Gasteiger partial charge in [-0.1, -0.05) is 6.42 Å². The van der Waals surface area contributed by atoms with E-state index < -0.39 is 17.8 Å². The van der Waals surface area contributed by atoms with Crippen LogP contribution in [0.2, 0.25) is 0 Å². The number of carbonyl (C=O) groups is 4. The highest BCUT2D eigenvalue weighted by Gasteiger charge is 2.32. The van der Waals surface area contributed by atoms with Gasteiger partial charge in [-0.05, 0) is 26.7 Å². The number of hydrogen-bond acceptors (Lipinski definition) is 6. The summed E-state index contributed by atoms with van der Waals surface area (Å²) in [5.41, 5.74) is 0. The molecule has 0 unspecified atom stereocenters. The molecule has 2 fully saturated rings. The minimum atomic E-state index is -0.710. The van der Waals surface area contributed by atoms with Gasteiger partial charge in [0.15, 0.2) is 0 Å². The van der Waals surface area contributed by atoms with Crippen molar-refractivity contribution in [1.29, 1.82) is 0 Å². The van der Waals surface area contributed by atoms with Gasteiger partial charge in [-0.3, -0.25) is 19.3 Å². The summed E-state index contributed by atoms with van der Waals surface area (Å²) in [5.74, 6) is -1.87. The van der Waals surface area contributed by atoms with Crippen molar-refractivity contribution < 1.29 is 24.0 Å². The fourth-order valence-electron chi connectivity index (χ4n) is 3.12. The molecule has 0 bridgehead atoms. The largest absolute Gasteiger partial charge is 0.354 e. The molecular formula is C16H25N3O5. The topological polar surface area (TPSA) is 96.0 Å². The molecule has 3 amide bonds. The van der Waals surface area contributed by atoms with Crippen molar-refractivity contribution in [3.05, 3.63) is 0 Å². The Morgan fingerprint density at radius 3 is 2.29 bits per heavy atom. The van der Waals surface area contributed by atoms with Gasteiger partial charge in [0.25, 0.3) is 11.8 Å². The maximum absolute atomic E-state index is 12.0. The van der Waals surface area contributed by atoms with Gasteiger partial charge < -0.3 is 10.2 Å². The zero-order valence-corrected chi connectivity index (χ0v) is 14.2. The molecule has 0 spiro atoms. The Morgan fingerprint density at radius 1 is 1.12 bits per heavy atom. The van der Waals surface area contributed by atoms with Crippen LogP contribution in [0.25, 0.3) is 0 Å². The molecule has 1 N–H and O–H groups in total. The van der Waals surface area contributed by atoms with Crippen LogP contribution in [0.3, 0.4) is 0 Å².